The van der Waals surface area contributed by atoms with Crippen molar-refractivity contribution in [2.75, 3.05) is 18.3 Å². The summed E-state index contributed by atoms with van der Waals surface area (Å²) >= 11 is 3.56. The lowest BCUT2D eigenvalue weighted by atomic mass is 10.1. The number of nitrogens with one attached hydrogen (secondary N) is 1. The van der Waals surface area contributed by atoms with Gasteiger partial charge in [0.15, 0.2) is 11.5 Å². The van der Waals surface area contributed by atoms with Crippen molar-refractivity contribution < 1.29 is 13.7 Å². The number of ether oxygens (including phenoxy) is 2. The molecule has 19 heavy (non-hydrogen) atoms. The van der Waals surface area contributed by atoms with E-state index in [2.05, 4.69) is 21.2 Å². The van der Waals surface area contributed by atoms with Gasteiger partial charge < -0.3 is 14.8 Å². The van der Waals surface area contributed by atoms with Crippen molar-refractivity contribution in [2.45, 2.75) is 25.4 Å². The van der Waals surface area contributed by atoms with Crippen LogP contribution >= 0.6 is 15.9 Å². The van der Waals surface area contributed by atoms with Gasteiger partial charge in [0, 0.05) is 39.4 Å². The van der Waals surface area contributed by atoms with E-state index in [4.69, 9.17) is 9.47 Å². The number of halogens is 1. The predicted octanol–water partition coefficient (Wildman–Crippen LogP) is 2.18. The van der Waals surface area contributed by atoms with Crippen molar-refractivity contribution in [2.24, 2.45) is 0 Å². The molecule has 0 radical (unpaired) electrons. The molecule has 0 unspecified atom stereocenters. The monoisotopic (exact) mass is 345 g/mol. The molecule has 1 N–H and O–H groups in total. The van der Waals surface area contributed by atoms with E-state index in [0.29, 0.717) is 12.8 Å². The van der Waals surface area contributed by atoms with Gasteiger partial charge in [0.05, 0.1) is 0 Å². The van der Waals surface area contributed by atoms with Gasteiger partial charge in [-0.25, -0.2) is 0 Å². The fourth-order valence-corrected chi connectivity index (χ4v) is 4.11. The zero-order valence-corrected chi connectivity index (χ0v) is 12.9. The minimum absolute atomic E-state index is 0.299. The number of fused-ring (bicyclic) bond motifs is 1. The van der Waals surface area contributed by atoms with E-state index in [0.717, 1.165) is 52.4 Å². The lowest BCUT2D eigenvalue weighted by Crippen LogP contribution is -2.35. The molecule has 0 atom stereocenters. The Labute approximate surface area is 123 Å². The van der Waals surface area contributed by atoms with Crippen LogP contribution in [-0.2, 0) is 17.3 Å². The van der Waals surface area contributed by atoms with E-state index < -0.39 is 10.8 Å². The van der Waals surface area contributed by atoms with Crippen LogP contribution < -0.4 is 14.8 Å². The maximum absolute atomic E-state index is 11.3. The van der Waals surface area contributed by atoms with Crippen LogP contribution in [0.25, 0.3) is 0 Å². The highest BCUT2D eigenvalue weighted by molar-refractivity contribution is 9.10. The topological polar surface area (TPSA) is 47.6 Å². The second-order valence-corrected chi connectivity index (χ2v) is 7.35. The molecule has 1 saturated heterocycles. The van der Waals surface area contributed by atoms with Crippen LogP contribution in [0.3, 0.4) is 0 Å². The molecule has 0 aliphatic carbocycles. The van der Waals surface area contributed by atoms with E-state index >= 15 is 0 Å². The molecule has 1 aromatic carbocycles. The third kappa shape index (κ3) is 3.12. The average Bonchev–Trinajstić information content (AvgIpc) is 2.85. The number of hydrogen-bond acceptors (Lipinski definition) is 4. The van der Waals surface area contributed by atoms with E-state index in [1.54, 1.807) is 0 Å². The van der Waals surface area contributed by atoms with Gasteiger partial charge in [0.25, 0.3) is 0 Å². The Kier molecular flexibility index (Phi) is 4.10. The molecule has 2 aliphatic rings. The average molecular weight is 346 g/mol. The van der Waals surface area contributed by atoms with Crippen molar-refractivity contribution in [1.82, 2.24) is 5.32 Å². The Morgan fingerprint density at radius 3 is 2.68 bits per heavy atom. The van der Waals surface area contributed by atoms with Crippen molar-refractivity contribution in [1.29, 1.82) is 0 Å². The van der Waals surface area contributed by atoms with Gasteiger partial charge in [-0.2, -0.15) is 0 Å². The molecule has 0 spiro atoms. The molecule has 4 nitrogen and oxygen atoms in total. The van der Waals surface area contributed by atoms with Gasteiger partial charge in [0.1, 0.15) is 0 Å². The summed E-state index contributed by atoms with van der Waals surface area (Å²) < 4.78 is 23.1. The largest absolute Gasteiger partial charge is 0.454 e. The highest BCUT2D eigenvalue weighted by Crippen LogP contribution is 2.36. The van der Waals surface area contributed by atoms with Gasteiger partial charge >= 0.3 is 0 Å². The Bertz CT molecular complexity index is 499. The van der Waals surface area contributed by atoms with E-state index in [1.807, 2.05) is 12.1 Å². The van der Waals surface area contributed by atoms with Gasteiger partial charge in [-0.3, -0.25) is 4.21 Å². The third-order valence-corrected chi connectivity index (χ3v) is 5.63. The number of hydrogen-bond donors (Lipinski definition) is 1. The molecule has 1 fully saturated rings. The first kappa shape index (κ1) is 13.4. The minimum Gasteiger partial charge on any atom is -0.454 e. The van der Waals surface area contributed by atoms with Crippen molar-refractivity contribution in [3.8, 4) is 11.5 Å². The number of benzene rings is 1. The molecule has 0 saturated carbocycles. The van der Waals surface area contributed by atoms with Crippen LogP contribution in [0.5, 0.6) is 11.5 Å². The zero-order valence-electron chi connectivity index (χ0n) is 10.5. The lowest BCUT2D eigenvalue weighted by Gasteiger charge is -2.23. The zero-order chi connectivity index (χ0) is 13.2. The summed E-state index contributed by atoms with van der Waals surface area (Å²) in [6, 6.07) is 4.44. The molecule has 1 aromatic rings. The Hall–Kier alpha value is -0.590. The third-order valence-electron chi connectivity index (χ3n) is 3.51. The standard InChI is InChI=1S/C13H16BrNO3S/c14-11-6-13-12(17-8-18-13)5-9(11)7-15-10-1-3-19(16)4-2-10/h5-6,10,15H,1-4,7-8H2. The van der Waals surface area contributed by atoms with Crippen LogP contribution in [0.4, 0.5) is 0 Å². The normalized spacial score (nSPS) is 25.5. The second kappa shape index (κ2) is 5.81. The summed E-state index contributed by atoms with van der Waals surface area (Å²) in [5, 5.41) is 3.53. The fourth-order valence-electron chi connectivity index (χ4n) is 2.35. The van der Waals surface area contributed by atoms with Gasteiger partial charge in [-0.05, 0) is 30.5 Å². The highest BCUT2D eigenvalue weighted by Gasteiger charge is 2.19. The molecule has 0 amide bonds. The Balaban J connectivity index is 1.62. The molecule has 2 aliphatic heterocycles. The molecule has 0 bridgehead atoms. The summed E-state index contributed by atoms with van der Waals surface area (Å²) in [4.78, 5) is 0. The second-order valence-electron chi connectivity index (χ2n) is 4.80. The molecular formula is C13H16BrNO3S. The van der Waals surface area contributed by atoms with E-state index in [9.17, 15) is 4.21 Å². The highest BCUT2D eigenvalue weighted by atomic mass is 79.9. The van der Waals surface area contributed by atoms with Crippen LogP contribution in [0.15, 0.2) is 16.6 Å². The first-order valence-corrected chi connectivity index (χ1v) is 8.67. The van der Waals surface area contributed by atoms with Crippen molar-refractivity contribution in [3.63, 3.8) is 0 Å². The SMILES string of the molecule is O=S1CCC(NCc2cc3c(cc2Br)OCO3)CC1. The minimum atomic E-state index is -0.599. The first-order chi connectivity index (χ1) is 9.22. The molecular weight excluding hydrogens is 330 g/mol. The van der Waals surface area contributed by atoms with Crippen LogP contribution in [-0.4, -0.2) is 28.5 Å². The van der Waals surface area contributed by atoms with Crippen molar-refractivity contribution in [3.05, 3.63) is 22.2 Å². The first-order valence-electron chi connectivity index (χ1n) is 6.39. The smallest absolute Gasteiger partial charge is 0.231 e. The van der Waals surface area contributed by atoms with Crippen LogP contribution in [0.2, 0.25) is 0 Å². The molecule has 0 aromatic heterocycles. The predicted molar refractivity (Wildman–Crippen MR) is 78.0 cm³/mol. The molecule has 104 valence electrons. The Morgan fingerprint density at radius 2 is 1.95 bits per heavy atom. The molecule has 6 heteroatoms. The Morgan fingerprint density at radius 1 is 1.26 bits per heavy atom. The molecule has 2 heterocycles. The van der Waals surface area contributed by atoms with Gasteiger partial charge in [0.2, 0.25) is 6.79 Å². The summed E-state index contributed by atoms with van der Waals surface area (Å²) in [7, 11) is -0.599. The van der Waals surface area contributed by atoms with E-state index in [1.165, 1.54) is 0 Å². The maximum atomic E-state index is 11.3. The lowest BCUT2D eigenvalue weighted by molar-refractivity contribution is 0.174. The van der Waals surface area contributed by atoms with E-state index in [-0.39, 0.29) is 0 Å². The number of rotatable bonds is 3. The molecule has 3 rings (SSSR count). The van der Waals surface area contributed by atoms with Crippen LogP contribution in [0.1, 0.15) is 18.4 Å². The quantitative estimate of drug-likeness (QED) is 0.911. The summed E-state index contributed by atoms with van der Waals surface area (Å²) in [6.07, 6.45) is 1.99. The summed E-state index contributed by atoms with van der Waals surface area (Å²) in [6.45, 7) is 1.08. The van der Waals surface area contributed by atoms with Gasteiger partial charge in [-0.15, -0.1) is 0 Å². The van der Waals surface area contributed by atoms with Crippen molar-refractivity contribution >= 4 is 26.7 Å². The van der Waals surface area contributed by atoms with Crippen LogP contribution in [0, 0.1) is 0 Å². The summed E-state index contributed by atoms with van der Waals surface area (Å²) in [5.74, 6) is 3.24. The maximum Gasteiger partial charge on any atom is 0.231 e. The summed E-state index contributed by atoms with van der Waals surface area (Å²) in [5.41, 5.74) is 1.16. The fraction of sp³-hybridized carbons (Fsp3) is 0.538. The van der Waals surface area contributed by atoms with Gasteiger partial charge in [-0.1, -0.05) is 15.9 Å².